The number of nitro benzene ring substituents is 1. The summed E-state index contributed by atoms with van der Waals surface area (Å²) in [7, 11) is 1.54. The van der Waals surface area contributed by atoms with E-state index in [4.69, 9.17) is 4.74 Å². The fourth-order valence-electron chi connectivity index (χ4n) is 3.67. The Kier molecular flexibility index (Phi) is 6.69. The van der Waals surface area contributed by atoms with Crippen LogP contribution in [0.5, 0.6) is 5.75 Å². The highest BCUT2D eigenvalue weighted by Crippen LogP contribution is 2.40. The number of unbranched alkanes of at least 4 members (excludes halogenated alkanes) is 2. The SMILES string of the molecule is CCCCCN1C(=O)C(=O)/C(=C(\O)c2ccc([N+](=O)[O-])cc2)C1c1ccc(OC)cc1. The molecule has 0 radical (unpaired) electrons. The summed E-state index contributed by atoms with van der Waals surface area (Å²) in [6.07, 6.45) is 2.59. The molecule has 0 aromatic heterocycles. The molecule has 1 N–H and O–H groups in total. The van der Waals surface area contributed by atoms with Crippen molar-refractivity contribution in [1.82, 2.24) is 4.90 Å². The van der Waals surface area contributed by atoms with Gasteiger partial charge in [0.05, 0.1) is 23.6 Å². The number of benzene rings is 2. The first-order valence-corrected chi connectivity index (χ1v) is 10.1. The molecule has 8 nitrogen and oxygen atoms in total. The molecule has 1 aliphatic heterocycles. The van der Waals surface area contributed by atoms with Gasteiger partial charge in [-0.15, -0.1) is 0 Å². The van der Waals surface area contributed by atoms with Crippen molar-refractivity contribution in [3.63, 3.8) is 0 Å². The van der Waals surface area contributed by atoms with Crippen LogP contribution in [0.3, 0.4) is 0 Å². The molecule has 0 spiro atoms. The van der Waals surface area contributed by atoms with Crippen molar-refractivity contribution in [2.75, 3.05) is 13.7 Å². The lowest BCUT2D eigenvalue weighted by atomic mass is 9.95. The maximum Gasteiger partial charge on any atom is 0.295 e. The largest absolute Gasteiger partial charge is 0.507 e. The molecule has 1 fully saturated rings. The van der Waals surface area contributed by atoms with Crippen molar-refractivity contribution >= 4 is 23.1 Å². The molecule has 8 heteroatoms. The van der Waals surface area contributed by atoms with E-state index < -0.39 is 22.7 Å². The number of methoxy groups -OCH3 is 1. The van der Waals surface area contributed by atoms with E-state index in [-0.39, 0.29) is 22.6 Å². The lowest BCUT2D eigenvalue weighted by Crippen LogP contribution is -2.30. The zero-order valence-electron chi connectivity index (χ0n) is 17.4. The molecule has 162 valence electrons. The first-order valence-electron chi connectivity index (χ1n) is 10.1. The van der Waals surface area contributed by atoms with E-state index in [1.54, 1.807) is 31.4 Å². The van der Waals surface area contributed by atoms with Gasteiger partial charge in [-0.2, -0.15) is 0 Å². The summed E-state index contributed by atoms with van der Waals surface area (Å²) < 4.78 is 5.19. The molecule has 1 unspecified atom stereocenters. The first-order chi connectivity index (χ1) is 14.9. The van der Waals surface area contributed by atoms with E-state index in [0.717, 1.165) is 19.3 Å². The van der Waals surface area contributed by atoms with Gasteiger partial charge in [-0.25, -0.2) is 0 Å². The van der Waals surface area contributed by atoms with Crippen LogP contribution in [0.1, 0.15) is 43.4 Å². The third kappa shape index (κ3) is 4.42. The number of carbonyl (C=O) groups is 2. The summed E-state index contributed by atoms with van der Waals surface area (Å²) in [6.45, 7) is 2.43. The number of rotatable bonds is 8. The smallest absolute Gasteiger partial charge is 0.295 e. The predicted octanol–water partition coefficient (Wildman–Crippen LogP) is 4.22. The Labute approximate surface area is 179 Å². The molecule has 2 aromatic carbocycles. The molecule has 1 aliphatic rings. The van der Waals surface area contributed by atoms with Gasteiger partial charge >= 0.3 is 0 Å². The molecular formula is C23H24N2O6. The van der Waals surface area contributed by atoms with Gasteiger partial charge in [0.25, 0.3) is 17.4 Å². The number of amides is 1. The van der Waals surface area contributed by atoms with Gasteiger partial charge in [0, 0.05) is 24.2 Å². The van der Waals surface area contributed by atoms with Crippen LogP contribution in [0.15, 0.2) is 54.1 Å². The fourth-order valence-corrected chi connectivity index (χ4v) is 3.67. The summed E-state index contributed by atoms with van der Waals surface area (Å²) >= 11 is 0. The number of likely N-dealkylation sites (tertiary alicyclic amines) is 1. The fraction of sp³-hybridized carbons (Fsp3) is 0.304. The number of hydrogen-bond donors (Lipinski definition) is 1. The Morgan fingerprint density at radius 3 is 2.29 bits per heavy atom. The average Bonchev–Trinajstić information content (AvgIpc) is 3.04. The maximum atomic E-state index is 12.9. The lowest BCUT2D eigenvalue weighted by Gasteiger charge is -2.25. The quantitative estimate of drug-likeness (QED) is 0.170. The lowest BCUT2D eigenvalue weighted by molar-refractivity contribution is -0.384. The zero-order chi connectivity index (χ0) is 22.5. The number of ketones is 1. The van der Waals surface area contributed by atoms with Crippen LogP contribution < -0.4 is 4.74 Å². The van der Waals surface area contributed by atoms with Crippen LogP contribution in [0.2, 0.25) is 0 Å². The summed E-state index contributed by atoms with van der Waals surface area (Å²) in [4.78, 5) is 37.6. The normalized spacial score (nSPS) is 17.7. The summed E-state index contributed by atoms with van der Waals surface area (Å²) in [5, 5.41) is 21.9. The molecule has 3 rings (SSSR count). The second-order valence-corrected chi connectivity index (χ2v) is 7.28. The second-order valence-electron chi connectivity index (χ2n) is 7.28. The van der Waals surface area contributed by atoms with Gasteiger partial charge in [-0.05, 0) is 36.2 Å². The summed E-state index contributed by atoms with van der Waals surface area (Å²) in [5.41, 5.74) is 0.736. The molecule has 0 saturated carbocycles. The zero-order valence-corrected chi connectivity index (χ0v) is 17.4. The average molecular weight is 424 g/mol. The van der Waals surface area contributed by atoms with Gasteiger partial charge < -0.3 is 14.7 Å². The monoisotopic (exact) mass is 424 g/mol. The summed E-state index contributed by atoms with van der Waals surface area (Å²) in [5.74, 6) is -1.16. The number of nitrogens with zero attached hydrogens (tertiary/aromatic N) is 2. The third-order valence-electron chi connectivity index (χ3n) is 5.33. The highest BCUT2D eigenvalue weighted by molar-refractivity contribution is 6.46. The Hall–Kier alpha value is -3.68. The minimum Gasteiger partial charge on any atom is -0.507 e. The van der Waals surface area contributed by atoms with Gasteiger partial charge in [-0.3, -0.25) is 19.7 Å². The highest BCUT2D eigenvalue weighted by atomic mass is 16.6. The van der Waals surface area contributed by atoms with E-state index in [2.05, 4.69) is 0 Å². The van der Waals surface area contributed by atoms with E-state index >= 15 is 0 Å². The Bertz CT molecular complexity index is 1010. The number of ether oxygens (including phenoxy) is 1. The molecule has 2 aromatic rings. The summed E-state index contributed by atoms with van der Waals surface area (Å²) in [6, 6.07) is 11.4. The molecule has 1 amide bonds. The molecule has 0 bridgehead atoms. The highest BCUT2D eigenvalue weighted by Gasteiger charge is 2.45. The number of hydrogen-bond acceptors (Lipinski definition) is 6. The van der Waals surface area contributed by atoms with Gasteiger partial charge in [0.15, 0.2) is 0 Å². The van der Waals surface area contributed by atoms with Crippen LogP contribution in [0.25, 0.3) is 5.76 Å². The molecular weight excluding hydrogens is 400 g/mol. The van der Waals surface area contributed by atoms with Crippen molar-refractivity contribution in [1.29, 1.82) is 0 Å². The van der Waals surface area contributed by atoms with Crippen LogP contribution >= 0.6 is 0 Å². The predicted molar refractivity (Wildman–Crippen MR) is 115 cm³/mol. The number of Topliss-reactive ketones (excluding diaryl/α,β-unsaturated/α-hetero) is 1. The topological polar surface area (TPSA) is 110 Å². The van der Waals surface area contributed by atoms with Crippen molar-refractivity contribution in [3.05, 3.63) is 75.3 Å². The Balaban J connectivity index is 2.09. The minimum atomic E-state index is -0.770. The first kappa shape index (κ1) is 22.0. The van der Waals surface area contributed by atoms with E-state index in [9.17, 15) is 24.8 Å². The Morgan fingerprint density at radius 2 is 1.74 bits per heavy atom. The molecule has 1 atom stereocenters. The number of carbonyl (C=O) groups excluding carboxylic acids is 2. The number of aliphatic hydroxyl groups is 1. The maximum absolute atomic E-state index is 12.9. The molecule has 1 heterocycles. The van der Waals surface area contributed by atoms with Crippen molar-refractivity contribution in [2.24, 2.45) is 0 Å². The van der Waals surface area contributed by atoms with Crippen molar-refractivity contribution < 1.29 is 24.4 Å². The van der Waals surface area contributed by atoms with E-state index in [0.29, 0.717) is 17.9 Å². The third-order valence-corrected chi connectivity index (χ3v) is 5.33. The second kappa shape index (κ2) is 9.42. The number of non-ortho nitro benzene ring substituents is 1. The molecule has 0 aliphatic carbocycles. The van der Waals surface area contributed by atoms with Gasteiger partial charge in [-0.1, -0.05) is 31.9 Å². The molecule has 31 heavy (non-hydrogen) atoms. The number of nitro groups is 1. The van der Waals surface area contributed by atoms with Gasteiger partial charge in [0.1, 0.15) is 11.5 Å². The van der Waals surface area contributed by atoms with Crippen molar-refractivity contribution in [3.8, 4) is 5.75 Å². The van der Waals surface area contributed by atoms with E-state index in [1.165, 1.54) is 29.2 Å². The van der Waals surface area contributed by atoms with Gasteiger partial charge in [0.2, 0.25) is 0 Å². The van der Waals surface area contributed by atoms with Crippen LogP contribution in [0, 0.1) is 10.1 Å². The van der Waals surface area contributed by atoms with Crippen LogP contribution in [-0.2, 0) is 9.59 Å². The minimum absolute atomic E-state index is 0.0273. The Morgan fingerprint density at radius 1 is 1.10 bits per heavy atom. The van der Waals surface area contributed by atoms with Crippen LogP contribution in [-0.4, -0.2) is 40.3 Å². The molecule has 1 saturated heterocycles. The van der Waals surface area contributed by atoms with E-state index in [1.807, 2.05) is 6.92 Å². The standard InChI is InChI=1S/C23H24N2O6/c1-3-4-5-14-24-20(15-8-12-18(31-2)13-9-15)19(22(27)23(24)28)21(26)16-6-10-17(11-7-16)25(29)30/h6-13,20,26H,3-5,14H2,1-2H3/b21-19-. The number of aliphatic hydroxyl groups excluding tert-OH is 1. The van der Waals surface area contributed by atoms with Crippen molar-refractivity contribution in [2.45, 2.75) is 32.2 Å². The van der Waals surface area contributed by atoms with Crippen LogP contribution in [0.4, 0.5) is 5.69 Å².